The molecule has 3 unspecified atom stereocenters. The Hall–Kier alpha value is -3.24. The molecule has 0 aromatic carbocycles. The lowest BCUT2D eigenvalue weighted by molar-refractivity contribution is -0.152. The van der Waals surface area contributed by atoms with Gasteiger partial charge in [0.25, 0.3) is 0 Å². The Morgan fingerprint density at radius 1 is 0.781 bits per heavy atom. The van der Waals surface area contributed by atoms with E-state index in [1.165, 1.54) is 0 Å². The fraction of sp³-hybridized carbons (Fsp3) is 0.455. The maximum absolute atomic E-state index is 11.0. The Morgan fingerprint density at radius 2 is 1.25 bits per heavy atom. The third-order valence-corrected chi connectivity index (χ3v) is 3.51. The monoisotopic (exact) mass is 456 g/mol. The van der Waals surface area contributed by atoms with Gasteiger partial charge in [-0.3, -0.25) is 0 Å². The summed E-state index contributed by atoms with van der Waals surface area (Å²) in [5.74, 6) is -2.19. The van der Waals surface area contributed by atoms with Crippen molar-refractivity contribution >= 4 is 23.9 Å². The molecule has 0 saturated heterocycles. The van der Waals surface area contributed by atoms with Crippen LogP contribution in [0, 0.1) is 0 Å². The number of aliphatic hydroxyl groups excluding tert-OH is 2. The summed E-state index contributed by atoms with van der Waals surface area (Å²) < 4.78 is 19.1. The van der Waals surface area contributed by atoms with Crippen LogP contribution >= 0.6 is 0 Å². The Kier molecular flexibility index (Phi) is 19.1. The quantitative estimate of drug-likeness (QED) is 0.159. The van der Waals surface area contributed by atoms with Crippen molar-refractivity contribution in [3.8, 4) is 0 Å². The number of rotatable bonds is 15. The van der Waals surface area contributed by atoms with E-state index in [2.05, 4.69) is 26.3 Å². The molecule has 0 aromatic rings. The molecule has 0 rings (SSSR count). The van der Waals surface area contributed by atoms with E-state index in [1.807, 2.05) is 0 Å². The van der Waals surface area contributed by atoms with Gasteiger partial charge in [-0.05, 0) is 19.8 Å². The highest BCUT2D eigenvalue weighted by Crippen LogP contribution is 2.09. The van der Waals surface area contributed by atoms with Crippen molar-refractivity contribution in [3.05, 3.63) is 50.6 Å². The van der Waals surface area contributed by atoms with Gasteiger partial charge in [-0.25, -0.2) is 19.2 Å². The Morgan fingerprint density at radius 3 is 1.72 bits per heavy atom. The van der Waals surface area contributed by atoms with Crippen LogP contribution in [0.25, 0.3) is 0 Å². The summed E-state index contributed by atoms with van der Waals surface area (Å²) >= 11 is 0. The normalized spacial score (nSPS) is 12.3. The number of aliphatic hydroxyl groups is 2. The zero-order valence-corrected chi connectivity index (χ0v) is 18.3. The van der Waals surface area contributed by atoms with Gasteiger partial charge >= 0.3 is 23.9 Å². The Labute approximate surface area is 187 Å². The molecule has 0 saturated carbocycles. The maximum atomic E-state index is 11.0. The summed E-state index contributed by atoms with van der Waals surface area (Å²) in [7, 11) is 0. The van der Waals surface area contributed by atoms with Crippen molar-refractivity contribution in [1.82, 2.24) is 0 Å². The van der Waals surface area contributed by atoms with Crippen molar-refractivity contribution in [1.29, 1.82) is 0 Å². The average molecular weight is 456 g/mol. The fourth-order valence-corrected chi connectivity index (χ4v) is 1.85. The zero-order valence-electron chi connectivity index (χ0n) is 18.3. The van der Waals surface area contributed by atoms with Crippen molar-refractivity contribution in [2.24, 2.45) is 0 Å². The van der Waals surface area contributed by atoms with Crippen LogP contribution in [0.2, 0.25) is 0 Å². The number of hydrogen-bond acceptors (Lipinski definition) is 10. The van der Waals surface area contributed by atoms with Gasteiger partial charge in [-0.1, -0.05) is 26.3 Å². The number of esters is 4. The van der Waals surface area contributed by atoms with Crippen molar-refractivity contribution < 1.29 is 48.3 Å². The number of carbonyl (C=O) groups excluding carboxylic acids is 4. The smallest absolute Gasteiger partial charge is 0.330 e. The van der Waals surface area contributed by atoms with Gasteiger partial charge in [0, 0.05) is 30.7 Å². The van der Waals surface area contributed by atoms with Crippen LogP contribution in [0.15, 0.2) is 50.6 Å². The molecule has 32 heavy (non-hydrogen) atoms. The van der Waals surface area contributed by atoms with Gasteiger partial charge in [-0.2, -0.15) is 0 Å². The van der Waals surface area contributed by atoms with Gasteiger partial charge in [0.1, 0.15) is 18.3 Å². The minimum atomic E-state index is -1.18. The first-order valence-electron chi connectivity index (χ1n) is 9.68. The van der Waals surface area contributed by atoms with Gasteiger partial charge < -0.3 is 29.2 Å². The van der Waals surface area contributed by atoms with E-state index in [0.717, 1.165) is 24.3 Å². The highest BCUT2D eigenvalue weighted by Gasteiger charge is 2.21. The highest BCUT2D eigenvalue weighted by molar-refractivity contribution is 5.82. The van der Waals surface area contributed by atoms with Gasteiger partial charge in [0.2, 0.25) is 0 Å². The molecule has 180 valence electrons. The van der Waals surface area contributed by atoms with Crippen molar-refractivity contribution in [2.45, 2.75) is 44.5 Å². The third kappa shape index (κ3) is 17.6. The van der Waals surface area contributed by atoms with Crippen LogP contribution in [0.3, 0.4) is 0 Å². The van der Waals surface area contributed by atoms with Crippen molar-refractivity contribution in [3.63, 3.8) is 0 Å². The summed E-state index contributed by atoms with van der Waals surface area (Å²) in [6, 6.07) is 0. The molecule has 0 radical (unpaired) electrons. The second kappa shape index (κ2) is 19.7. The molecule has 10 nitrogen and oxygen atoms in total. The largest absolute Gasteiger partial charge is 0.463 e. The molecular formula is C22H32O10. The topological polar surface area (TPSA) is 146 Å². The second-order valence-electron chi connectivity index (χ2n) is 6.06. The molecular weight excluding hydrogens is 424 g/mol. The molecule has 0 aliphatic heterocycles. The fourth-order valence-electron chi connectivity index (χ4n) is 1.85. The second-order valence-corrected chi connectivity index (χ2v) is 6.06. The minimum absolute atomic E-state index is 0.116. The lowest BCUT2D eigenvalue weighted by Gasteiger charge is -2.20. The standard InChI is InChI=1S/C12H18O6.C10H14O4/c1-3-11(15)17-7-5-6-10(9(14)8-13)18-12(16)4-2;1-4-9(11)13-7-6-8(3)14-10(12)5-2/h3-4,9-10,13-14H,1-2,5-8H2;4-5,8H,1-2,6-7H2,3H3. The van der Waals surface area contributed by atoms with Crippen LogP contribution in [0.4, 0.5) is 0 Å². The number of hydrogen-bond donors (Lipinski definition) is 2. The van der Waals surface area contributed by atoms with E-state index >= 15 is 0 Å². The molecule has 3 atom stereocenters. The predicted molar refractivity (Wildman–Crippen MR) is 115 cm³/mol. The Bertz CT molecular complexity index is 641. The molecule has 0 fully saturated rings. The molecule has 0 amide bonds. The van der Waals surface area contributed by atoms with E-state index in [4.69, 9.17) is 24.1 Å². The SMILES string of the molecule is C=CC(=O)OCCC(C)OC(=O)C=C.C=CC(=O)OCCCC(OC(=O)C=C)C(O)CO. The van der Waals surface area contributed by atoms with Gasteiger partial charge in [0.15, 0.2) is 0 Å². The molecule has 0 aliphatic carbocycles. The first kappa shape index (κ1) is 30.9. The van der Waals surface area contributed by atoms with E-state index < -0.39 is 42.7 Å². The van der Waals surface area contributed by atoms with E-state index in [9.17, 15) is 24.3 Å². The summed E-state index contributed by atoms with van der Waals surface area (Å²) in [6.07, 6.45) is 2.95. The zero-order chi connectivity index (χ0) is 24.9. The molecule has 10 heteroatoms. The van der Waals surface area contributed by atoms with Gasteiger partial charge in [0.05, 0.1) is 19.8 Å². The number of ether oxygens (including phenoxy) is 4. The molecule has 0 spiro atoms. The van der Waals surface area contributed by atoms with E-state index in [-0.39, 0.29) is 25.7 Å². The molecule has 2 N–H and O–H groups in total. The van der Waals surface area contributed by atoms with Crippen LogP contribution in [-0.4, -0.2) is 72.2 Å². The summed E-state index contributed by atoms with van der Waals surface area (Å²) in [6.45, 7) is 14.5. The summed E-state index contributed by atoms with van der Waals surface area (Å²) in [4.78, 5) is 43.1. The summed E-state index contributed by atoms with van der Waals surface area (Å²) in [5, 5.41) is 18.2. The molecule has 0 heterocycles. The van der Waals surface area contributed by atoms with Crippen LogP contribution in [0.5, 0.6) is 0 Å². The minimum Gasteiger partial charge on any atom is -0.463 e. The van der Waals surface area contributed by atoms with Crippen LogP contribution in [0.1, 0.15) is 26.2 Å². The Balaban J connectivity index is 0. The van der Waals surface area contributed by atoms with E-state index in [0.29, 0.717) is 12.8 Å². The summed E-state index contributed by atoms with van der Waals surface area (Å²) in [5.41, 5.74) is 0. The molecule has 0 aromatic heterocycles. The molecule has 0 bridgehead atoms. The highest BCUT2D eigenvalue weighted by atomic mass is 16.6. The number of carbonyl (C=O) groups is 4. The maximum Gasteiger partial charge on any atom is 0.330 e. The lowest BCUT2D eigenvalue weighted by Crippen LogP contribution is -2.33. The molecule has 0 aliphatic rings. The lowest BCUT2D eigenvalue weighted by atomic mass is 10.1. The van der Waals surface area contributed by atoms with E-state index in [1.54, 1.807) is 6.92 Å². The van der Waals surface area contributed by atoms with Gasteiger partial charge in [-0.15, -0.1) is 0 Å². The van der Waals surface area contributed by atoms with Crippen LogP contribution < -0.4 is 0 Å². The first-order chi connectivity index (χ1) is 15.1. The third-order valence-electron chi connectivity index (χ3n) is 3.51. The average Bonchev–Trinajstić information content (AvgIpc) is 2.79. The first-order valence-corrected chi connectivity index (χ1v) is 9.68. The predicted octanol–water partition coefficient (Wildman–Crippen LogP) is 1.17. The van der Waals surface area contributed by atoms with Crippen LogP contribution in [-0.2, 0) is 38.1 Å². The van der Waals surface area contributed by atoms with Crippen molar-refractivity contribution in [2.75, 3.05) is 19.8 Å².